The van der Waals surface area contributed by atoms with E-state index in [-0.39, 0.29) is 25.4 Å². The van der Waals surface area contributed by atoms with Gasteiger partial charge in [0, 0.05) is 25.8 Å². The molecule has 0 aliphatic heterocycles. The Hall–Kier alpha value is -0.820. The number of sulfonamides is 1. The van der Waals surface area contributed by atoms with Gasteiger partial charge in [-0.2, -0.15) is 52.7 Å². The molecule has 0 rings (SSSR count). The molecule has 20 heteroatoms. The number of nitrogens with zero attached hydrogens (tertiary/aromatic N) is 1. The summed E-state index contributed by atoms with van der Waals surface area (Å²) in [6.07, 6.45) is -36.5. The molecule has 0 amide bonds. The first-order chi connectivity index (χ1) is 15.5. The molecular formula is C17H25ClF14N2O2S. The third-order valence-electron chi connectivity index (χ3n) is 5.05. The summed E-state index contributed by atoms with van der Waals surface area (Å²) in [7, 11) is 0.632. The van der Waals surface area contributed by atoms with Gasteiger partial charge in [0.1, 0.15) is 0 Å². The van der Waals surface area contributed by atoms with Crippen LogP contribution in [0.3, 0.4) is 0 Å². The summed E-state index contributed by atoms with van der Waals surface area (Å²) >= 11 is 0. The van der Waals surface area contributed by atoms with Gasteiger partial charge in [-0.15, -0.1) is 0 Å². The van der Waals surface area contributed by atoms with Crippen molar-refractivity contribution in [2.24, 2.45) is 11.3 Å². The van der Waals surface area contributed by atoms with Crippen LogP contribution in [0.4, 0.5) is 61.5 Å². The van der Waals surface area contributed by atoms with E-state index in [0.717, 1.165) is 0 Å². The average molecular weight is 623 g/mol. The maximum Gasteiger partial charge on any atom is 0.412 e. The number of quaternary nitrogens is 1. The Balaban J connectivity index is 0. The lowest BCUT2D eigenvalue weighted by Crippen LogP contribution is -3.00. The quantitative estimate of drug-likeness (QED) is 0.207. The Morgan fingerprint density at radius 3 is 1.49 bits per heavy atom. The van der Waals surface area contributed by atoms with E-state index in [9.17, 15) is 69.9 Å². The van der Waals surface area contributed by atoms with Crippen molar-refractivity contribution < 1.29 is 86.8 Å². The van der Waals surface area contributed by atoms with E-state index in [2.05, 4.69) is 0 Å². The minimum absolute atomic E-state index is 0. The highest BCUT2D eigenvalue weighted by atomic mass is 35.5. The molecular weight excluding hydrogens is 598 g/mol. The van der Waals surface area contributed by atoms with E-state index < -0.39 is 77.0 Å². The lowest BCUT2D eigenvalue weighted by atomic mass is 9.77. The Labute approximate surface area is 209 Å². The zero-order valence-corrected chi connectivity index (χ0v) is 20.9. The van der Waals surface area contributed by atoms with Gasteiger partial charge in [0.2, 0.25) is 15.9 Å². The monoisotopic (exact) mass is 622 g/mol. The lowest BCUT2D eigenvalue weighted by Gasteiger charge is -2.41. The molecule has 0 fully saturated rings. The van der Waals surface area contributed by atoms with Crippen LogP contribution in [0.2, 0.25) is 0 Å². The van der Waals surface area contributed by atoms with Crippen molar-refractivity contribution >= 4 is 10.0 Å². The number of hydrogen-bond donors (Lipinski definition) is 1. The van der Waals surface area contributed by atoms with Gasteiger partial charge < -0.3 is 16.9 Å². The number of nitrogens with one attached hydrogen (secondary N) is 1. The summed E-state index contributed by atoms with van der Waals surface area (Å²) in [5.41, 5.74) is -7.02. The summed E-state index contributed by atoms with van der Waals surface area (Å²) in [6, 6.07) is 0. The normalized spacial score (nSPS) is 15.9. The van der Waals surface area contributed by atoms with Crippen molar-refractivity contribution in [2.75, 3.05) is 40.0 Å². The molecule has 4 nitrogen and oxygen atoms in total. The van der Waals surface area contributed by atoms with Crippen LogP contribution in [0.1, 0.15) is 25.7 Å². The smallest absolute Gasteiger partial charge is 0.412 e. The second-order valence-corrected chi connectivity index (χ2v) is 11.2. The van der Waals surface area contributed by atoms with Crippen LogP contribution in [0.25, 0.3) is 0 Å². The van der Waals surface area contributed by atoms with Gasteiger partial charge in [-0.1, -0.05) is 0 Å². The predicted octanol–water partition coefficient (Wildman–Crippen LogP) is 2.66. The van der Waals surface area contributed by atoms with E-state index in [1.54, 1.807) is 21.1 Å². The largest absolute Gasteiger partial charge is 1.00 e. The predicted molar refractivity (Wildman–Crippen MR) is 98.2 cm³/mol. The van der Waals surface area contributed by atoms with Gasteiger partial charge in [0.25, 0.3) is 5.41 Å². The van der Waals surface area contributed by atoms with Crippen LogP contribution in [0.5, 0.6) is 0 Å². The Morgan fingerprint density at radius 1 is 0.757 bits per heavy atom. The van der Waals surface area contributed by atoms with Crippen molar-refractivity contribution in [2.45, 2.75) is 56.3 Å². The summed E-state index contributed by atoms with van der Waals surface area (Å²) in [4.78, 5) is 0. The van der Waals surface area contributed by atoms with E-state index in [0.29, 0.717) is 11.0 Å². The molecule has 0 aromatic heterocycles. The molecule has 0 bridgehead atoms. The SMILES string of the molecule is C[N+](C)(C)CCCNS(=O)(=O)CCC(CC(F)(F)CC(C(F)(F)F)(C(F)(F)F)C(F)(F)F)C(F)(F)F.[Cl-]. The molecule has 0 saturated carbocycles. The molecule has 0 spiro atoms. The molecule has 0 aliphatic rings. The van der Waals surface area contributed by atoms with E-state index in [1.807, 2.05) is 4.72 Å². The van der Waals surface area contributed by atoms with Crippen molar-refractivity contribution in [1.29, 1.82) is 0 Å². The molecule has 0 radical (unpaired) electrons. The van der Waals surface area contributed by atoms with Crippen molar-refractivity contribution in [3.8, 4) is 0 Å². The van der Waals surface area contributed by atoms with Gasteiger partial charge in [-0.05, 0) is 6.42 Å². The topological polar surface area (TPSA) is 46.2 Å². The molecule has 226 valence electrons. The van der Waals surface area contributed by atoms with Crippen molar-refractivity contribution in [1.82, 2.24) is 4.72 Å². The first kappa shape index (κ1) is 38.3. The maximum atomic E-state index is 14.1. The van der Waals surface area contributed by atoms with Crippen LogP contribution in [-0.2, 0) is 10.0 Å². The summed E-state index contributed by atoms with van der Waals surface area (Å²) in [5.74, 6) is -10.8. The fourth-order valence-corrected chi connectivity index (χ4v) is 4.33. The second-order valence-electron chi connectivity index (χ2n) is 9.24. The zero-order valence-electron chi connectivity index (χ0n) is 19.4. The third-order valence-corrected chi connectivity index (χ3v) is 6.46. The Morgan fingerprint density at radius 2 is 1.16 bits per heavy atom. The fourth-order valence-electron chi connectivity index (χ4n) is 3.14. The number of alkyl halides is 14. The Kier molecular flexibility index (Phi) is 12.6. The van der Waals surface area contributed by atoms with Crippen LogP contribution >= 0.6 is 0 Å². The first-order valence-corrected chi connectivity index (χ1v) is 11.6. The van der Waals surface area contributed by atoms with Gasteiger partial charge in [-0.25, -0.2) is 21.9 Å². The number of rotatable bonds is 12. The minimum atomic E-state index is -7.39. The molecule has 0 heterocycles. The first-order valence-electron chi connectivity index (χ1n) is 9.90. The third kappa shape index (κ3) is 11.4. The Bertz CT molecular complexity index is 778. The minimum Gasteiger partial charge on any atom is -1.00 e. The van der Waals surface area contributed by atoms with Gasteiger partial charge >= 0.3 is 24.7 Å². The van der Waals surface area contributed by atoms with Gasteiger partial charge in [0.15, 0.2) is 0 Å². The highest BCUT2D eigenvalue weighted by Crippen LogP contribution is 2.64. The number of hydrogen-bond acceptors (Lipinski definition) is 2. The van der Waals surface area contributed by atoms with E-state index in [1.165, 1.54) is 0 Å². The highest BCUT2D eigenvalue weighted by Gasteiger charge is 2.85. The summed E-state index contributed by atoms with van der Waals surface area (Å²) in [6.45, 7) is 0.120. The lowest BCUT2D eigenvalue weighted by molar-refractivity contribution is -0.870. The van der Waals surface area contributed by atoms with Crippen LogP contribution in [0.15, 0.2) is 0 Å². The molecule has 0 aliphatic carbocycles. The second kappa shape index (κ2) is 12.1. The molecule has 1 unspecified atom stereocenters. The fraction of sp³-hybridized carbons (Fsp3) is 1.00. The average Bonchev–Trinajstić information content (AvgIpc) is 2.55. The summed E-state index contributed by atoms with van der Waals surface area (Å²) < 4.78 is 210. The molecule has 0 aromatic rings. The van der Waals surface area contributed by atoms with Crippen molar-refractivity contribution in [3.63, 3.8) is 0 Å². The molecule has 37 heavy (non-hydrogen) atoms. The molecule has 0 aromatic carbocycles. The molecule has 1 atom stereocenters. The van der Waals surface area contributed by atoms with Crippen LogP contribution < -0.4 is 17.1 Å². The summed E-state index contributed by atoms with van der Waals surface area (Å²) in [5, 5.41) is 0. The van der Waals surface area contributed by atoms with E-state index >= 15 is 0 Å². The molecule has 1 N–H and O–H groups in total. The van der Waals surface area contributed by atoms with Crippen LogP contribution in [-0.4, -0.2) is 83.5 Å². The van der Waals surface area contributed by atoms with Gasteiger partial charge in [-0.3, -0.25) is 0 Å². The number of halogens is 15. The van der Waals surface area contributed by atoms with Gasteiger partial charge in [0.05, 0.1) is 39.4 Å². The maximum absolute atomic E-state index is 14.1. The molecule has 0 saturated heterocycles. The standard InChI is InChI=1S/C17H25F14N2O2S.ClH/c1-33(2,3)7-4-6-32-36(34,35)8-5-11(14(20,21)22)9-12(18,19)10-13(15(23,24)25,16(26,27)28)17(29,30)31;/h11,32H,4-10H2,1-3H3;1H/q+1;/p-1. The van der Waals surface area contributed by atoms with Crippen molar-refractivity contribution in [3.05, 3.63) is 0 Å². The van der Waals surface area contributed by atoms with E-state index in [4.69, 9.17) is 0 Å². The van der Waals surface area contributed by atoms with Crippen LogP contribution in [0, 0.1) is 11.3 Å². The zero-order chi connectivity index (χ0) is 29.2. The highest BCUT2D eigenvalue weighted by molar-refractivity contribution is 7.89.